The molecule has 0 aliphatic carbocycles. The van der Waals surface area contributed by atoms with E-state index < -0.39 is 0 Å². The SMILES string of the molecule is C[N+]1(C)CCN(CCCl)CC1.Cl.[Cl-]. The summed E-state index contributed by atoms with van der Waals surface area (Å²) in [5.41, 5.74) is 0. The summed E-state index contributed by atoms with van der Waals surface area (Å²) >= 11 is 5.66. The topological polar surface area (TPSA) is 3.24 Å². The molecule has 13 heavy (non-hydrogen) atoms. The van der Waals surface area contributed by atoms with Gasteiger partial charge in [-0.05, 0) is 0 Å². The minimum absolute atomic E-state index is 0. The molecule has 0 N–H and O–H groups in total. The maximum Gasteiger partial charge on any atom is 0.0912 e. The Bertz CT molecular complexity index is 121. The molecule has 1 heterocycles. The van der Waals surface area contributed by atoms with E-state index in [1.54, 1.807) is 0 Å². The first-order chi connectivity index (χ1) is 5.14. The second-order valence-corrected chi connectivity index (χ2v) is 4.29. The molecule has 0 atom stereocenters. The van der Waals surface area contributed by atoms with Crippen LogP contribution < -0.4 is 12.4 Å². The normalized spacial score (nSPS) is 21.5. The van der Waals surface area contributed by atoms with Crippen molar-refractivity contribution in [3.63, 3.8) is 0 Å². The largest absolute Gasteiger partial charge is 1.00 e. The fourth-order valence-electron chi connectivity index (χ4n) is 1.39. The first-order valence-electron chi connectivity index (χ1n) is 4.24. The summed E-state index contributed by atoms with van der Waals surface area (Å²) < 4.78 is 1.17. The number of hydrogen-bond acceptors (Lipinski definition) is 1. The molecule has 1 saturated heterocycles. The molecule has 0 amide bonds. The third-order valence-corrected chi connectivity index (χ3v) is 2.61. The molecular weight excluding hydrogens is 230 g/mol. The standard InChI is InChI=1S/C8H18ClN2.2ClH/c1-11(2)7-5-10(4-3-9)6-8-11;;/h3-8H2,1-2H3;2*1H/q+1;;/p-1. The third kappa shape index (κ3) is 5.97. The van der Waals surface area contributed by atoms with E-state index in [1.165, 1.54) is 30.7 Å². The van der Waals surface area contributed by atoms with Crippen LogP contribution in [0.15, 0.2) is 0 Å². The van der Waals surface area contributed by atoms with Crippen LogP contribution in [0.4, 0.5) is 0 Å². The van der Waals surface area contributed by atoms with Gasteiger partial charge >= 0.3 is 0 Å². The van der Waals surface area contributed by atoms with Crippen molar-refractivity contribution >= 4 is 24.0 Å². The molecule has 0 unspecified atom stereocenters. The average Bonchev–Trinajstić information content (AvgIpc) is 1.94. The first-order valence-corrected chi connectivity index (χ1v) is 4.78. The lowest BCUT2D eigenvalue weighted by molar-refractivity contribution is -0.894. The fourth-order valence-corrected chi connectivity index (χ4v) is 1.63. The third-order valence-electron chi connectivity index (χ3n) is 2.44. The van der Waals surface area contributed by atoms with Crippen LogP contribution in [0.3, 0.4) is 0 Å². The predicted octanol–water partition coefficient (Wildman–Crippen LogP) is -1.96. The van der Waals surface area contributed by atoms with Crippen LogP contribution in [0.25, 0.3) is 0 Å². The van der Waals surface area contributed by atoms with Gasteiger partial charge in [-0.25, -0.2) is 0 Å². The Morgan fingerprint density at radius 3 is 2.08 bits per heavy atom. The molecule has 0 aromatic carbocycles. The molecule has 1 rings (SSSR count). The van der Waals surface area contributed by atoms with Gasteiger partial charge in [-0.1, -0.05) is 0 Å². The van der Waals surface area contributed by atoms with Gasteiger partial charge in [0.05, 0.1) is 27.2 Å². The number of quaternary nitrogens is 1. The summed E-state index contributed by atoms with van der Waals surface area (Å²) in [6, 6.07) is 0. The molecule has 2 nitrogen and oxygen atoms in total. The Morgan fingerprint density at radius 1 is 1.23 bits per heavy atom. The maximum atomic E-state index is 5.66. The zero-order chi connectivity index (χ0) is 8.32. The van der Waals surface area contributed by atoms with Crippen LogP contribution in [0.1, 0.15) is 0 Å². The van der Waals surface area contributed by atoms with Crippen molar-refractivity contribution in [3.05, 3.63) is 0 Å². The molecule has 0 aromatic heterocycles. The van der Waals surface area contributed by atoms with Crippen molar-refractivity contribution in [1.29, 1.82) is 0 Å². The molecule has 1 aliphatic heterocycles. The van der Waals surface area contributed by atoms with Gasteiger partial charge in [0.25, 0.3) is 0 Å². The van der Waals surface area contributed by atoms with Crippen LogP contribution in [0.2, 0.25) is 0 Å². The summed E-state index contributed by atoms with van der Waals surface area (Å²) in [4.78, 5) is 2.44. The van der Waals surface area contributed by atoms with Crippen molar-refractivity contribution in [2.45, 2.75) is 0 Å². The molecule has 82 valence electrons. The van der Waals surface area contributed by atoms with E-state index in [0.717, 1.165) is 12.4 Å². The van der Waals surface area contributed by atoms with Gasteiger partial charge in [0.1, 0.15) is 0 Å². The molecule has 0 aromatic rings. The van der Waals surface area contributed by atoms with E-state index in [2.05, 4.69) is 19.0 Å². The lowest BCUT2D eigenvalue weighted by Gasteiger charge is -2.38. The lowest BCUT2D eigenvalue weighted by atomic mass is 10.3. The van der Waals surface area contributed by atoms with E-state index in [4.69, 9.17) is 11.6 Å². The second-order valence-electron chi connectivity index (χ2n) is 3.91. The number of hydrogen-bond donors (Lipinski definition) is 0. The molecule has 5 heteroatoms. The van der Waals surface area contributed by atoms with Crippen molar-refractivity contribution in [2.24, 2.45) is 0 Å². The number of rotatable bonds is 2. The van der Waals surface area contributed by atoms with Crippen molar-refractivity contribution < 1.29 is 16.9 Å². The van der Waals surface area contributed by atoms with Crippen LogP contribution >= 0.6 is 24.0 Å². The molecule has 0 saturated carbocycles. The predicted molar refractivity (Wildman–Crippen MR) is 56.3 cm³/mol. The van der Waals surface area contributed by atoms with E-state index >= 15 is 0 Å². The quantitative estimate of drug-likeness (QED) is 0.406. The zero-order valence-corrected chi connectivity index (χ0v) is 10.6. The zero-order valence-electron chi connectivity index (χ0n) is 8.30. The molecule has 1 fully saturated rings. The highest BCUT2D eigenvalue weighted by Gasteiger charge is 2.23. The molecule has 0 bridgehead atoms. The molecule has 0 spiro atoms. The van der Waals surface area contributed by atoms with Crippen LogP contribution in [-0.4, -0.2) is 62.1 Å². The first kappa shape index (κ1) is 16.2. The van der Waals surface area contributed by atoms with Crippen molar-refractivity contribution in [1.82, 2.24) is 4.90 Å². The van der Waals surface area contributed by atoms with E-state index in [0.29, 0.717) is 0 Å². The van der Waals surface area contributed by atoms with E-state index in [1.807, 2.05) is 0 Å². The monoisotopic (exact) mass is 248 g/mol. The fraction of sp³-hybridized carbons (Fsp3) is 1.00. The smallest absolute Gasteiger partial charge is 0.0912 e. The van der Waals surface area contributed by atoms with Crippen molar-refractivity contribution in [3.8, 4) is 0 Å². The molecule has 1 aliphatic rings. The lowest BCUT2D eigenvalue weighted by Crippen LogP contribution is -3.00. The van der Waals surface area contributed by atoms with Gasteiger partial charge in [-0.3, -0.25) is 4.90 Å². The van der Waals surface area contributed by atoms with Gasteiger partial charge in [0, 0.05) is 25.5 Å². The van der Waals surface area contributed by atoms with Gasteiger partial charge in [0.2, 0.25) is 0 Å². The van der Waals surface area contributed by atoms with Gasteiger partial charge < -0.3 is 16.9 Å². The maximum absolute atomic E-state index is 5.66. The Labute approximate surface area is 98.6 Å². The van der Waals surface area contributed by atoms with Crippen LogP contribution in [0.5, 0.6) is 0 Å². The van der Waals surface area contributed by atoms with Crippen LogP contribution in [-0.2, 0) is 0 Å². The number of nitrogens with zero attached hydrogens (tertiary/aromatic N) is 2. The average molecular weight is 250 g/mol. The van der Waals surface area contributed by atoms with Crippen LogP contribution in [0, 0.1) is 0 Å². The van der Waals surface area contributed by atoms with Gasteiger partial charge in [0.15, 0.2) is 0 Å². The Balaban J connectivity index is 0. The van der Waals surface area contributed by atoms with Gasteiger partial charge in [-0.15, -0.1) is 24.0 Å². The van der Waals surface area contributed by atoms with E-state index in [-0.39, 0.29) is 24.8 Å². The Kier molecular flexibility index (Phi) is 8.90. The number of alkyl halides is 1. The number of halogens is 3. The highest BCUT2D eigenvalue weighted by molar-refractivity contribution is 6.18. The Hall–Kier alpha value is 0.790. The second kappa shape index (κ2) is 7.13. The molecule has 0 radical (unpaired) electrons. The minimum Gasteiger partial charge on any atom is -1.00 e. The van der Waals surface area contributed by atoms with Crippen molar-refractivity contribution in [2.75, 3.05) is 52.7 Å². The number of likely N-dealkylation sites (N-methyl/N-ethyl adjacent to an activating group) is 1. The summed E-state index contributed by atoms with van der Waals surface area (Å²) in [6.07, 6.45) is 0. The highest BCUT2D eigenvalue weighted by Crippen LogP contribution is 2.05. The van der Waals surface area contributed by atoms with E-state index in [9.17, 15) is 0 Å². The minimum atomic E-state index is 0. The van der Waals surface area contributed by atoms with Gasteiger partial charge in [-0.2, -0.15) is 0 Å². The highest BCUT2D eigenvalue weighted by atomic mass is 35.5. The summed E-state index contributed by atoms with van der Waals surface area (Å²) in [6.45, 7) is 5.99. The summed E-state index contributed by atoms with van der Waals surface area (Å²) in [7, 11) is 4.58. The molecular formula is C8H19Cl3N2. The number of piperazine rings is 1. The summed E-state index contributed by atoms with van der Waals surface area (Å²) in [5.74, 6) is 0.771. The summed E-state index contributed by atoms with van der Waals surface area (Å²) in [5, 5.41) is 0. The Morgan fingerprint density at radius 2 is 1.69 bits per heavy atom.